The topological polar surface area (TPSA) is 58.9 Å². The summed E-state index contributed by atoms with van der Waals surface area (Å²) in [4.78, 5) is 9.07. The van der Waals surface area contributed by atoms with Gasteiger partial charge < -0.3 is 10.2 Å². The van der Waals surface area contributed by atoms with Crippen LogP contribution >= 0.6 is 0 Å². The summed E-state index contributed by atoms with van der Waals surface area (Å²) < 4.78 is 0. The third-order valence-corrected chi connectivity index (χ3v) is 1.62. The normalized spacial score (nSPS) is 37.5. The van der Waals surface area contributed by atoms with Crippen molar-refractivity contribution in [2.45, 2.75) is 31.7 Å². The van der Waals surface area contributed by atoms with Crippen molar-refractivity contribution < 1.29 is 20.0 Å². The molecule has 0 aromatic heterocycles. The third-order valence-electron chi connectivity index (χ3n) is 1.62. The molecule has 0 amide bonds. The molecule has 4 nitrogen and oxygen atoms in total. The Morgan fingerprint density at radius 2 is 2.30 bits per heavy atom. The van der Waals surface area contributed by atoms with Gasteiger partial charge in [0.1, 0.15) is 6.10 Å². The minimum absolute atomic E-state index is 0.421. The molecule has 0 aliphatic carbocycles. The smallest absolute Gasteiger partial charge is 0.225 e. The molecule has 0 saturated carbocycles. The van der Waals surface area contributed by atoms with Crippen LogP contribution in [0.25, 0.3) is 0 Å². The molecule has 10 heavy (non-hydrogen) atoms. The molecule has 0 bridgehead atoms. The first-order valence-electron chi connectivity index (χ1n) is 3.36. The maximum absolute atomic E-state index is 9.35. The highest BCUT2D eigenvalue weighted by Gasteiger charge is 2.37. The van der Waals surface area contributed by atoms with E-state index in [-0.39, 0.29) is 0 Å². The van der Waals surface area contributed by atoms with Gasteiger partial charge in [-0.2, -0.15) is 4.89 Å². The van der Waals surface area contributed by atoms with Crippen molar-refractivity contribution in [3.05, 3.63) is 0 Å². The van der Waals surface area contributed by atoms with Crippen LogP contribution in [0.3, 0.4) is 0 Å². The predicted octanol–water partition coefficient (Wildman–Crippen LogP) is -0.202. The van der Waals surface area contributed by atoms with Gasteiger partial charge in [0.05, 0.1) is 6.61 Å². The Kier molecular flexibility index (Phi) is 2.25. The number of rotatable bonds is 1. The maximum atomic E-state index is 9.35. The second-order valence-electron chi connectivity index (χ2n) is 2.53. The van der Waals surface area contributed by atoms with Crippen LogP contribution in [0, 0.1) is 0 Å². The lowest BCUT2D eigenvalue weighted by Crippen LogP contribution is -2.45. The molecule has 0 aromatic rings. The minimum atomic E-state index is -1.49. The standard InChI is InChI=1S/C6H12O4/c1-5(7)6(8)3-2-4-9-10-6/h5,7-8H,2-4H2,1H3. The Hall–Kier alpha value is -0.160. The zero-order valence-corrected chi connectivity index (χ0v) is 5.91. The molecule has 2 atom stereocenters. The van der Waals surface area contributed by atoms with Gasteiger partial charge in [-0.3, -0.25) is 0 Å². The van der Waals surface area contributed by atoms with Gasteiger partial charge in [0.25, 0.3) is 0 Å². The molecule has 4 heteroatoms. The predicted molar refractivity (Wildman–Crippen MR) is 32.9 cm³/mol. The van der Waals surface area contributed by atoms with Crippen molar-refractivity contribution in [3.8, 4) is 0 Å². The van der Waals surface area contributed by atoms with Crippen LogP contribution in [0.15, 0.2) is 0 Å². The Bertz CT molecular complexity index is 106. The molecule has 2 N–H and O–H groups in total. The van der Waals surface area contributed by atoms with Crippen molar-refractivity contribution in [2.75, 3.05) is 6.61 Å². The molecule has 1 fully saturated rings. The number of aliphatic hydroxyl groups is 2. The highest BCUT2D eigenvalue weighted by Crippen LogP contribution is 2.23. The molecule has 0 radical (unpaired) electrons. The molecule has 1 rings (SSSR count). The monoisotopic (exact) mass is 148 g/mol. The van der Waals surface area contributed by atoms with E-state index in [0.29, 0.717) is 19.4 Å². The maximum Gasteiger partial charge on any atom is 0.225 e. The Labute approximate surface area is 59.3 Å². The Balaban J connectivity index is 2.48. The zero-order chi connectivity index (χ0) is 7.61. The molecule has 1 heterocycles. The van der Waals surface area contributed by atoms with Crippen LogP contribution in [-0.2, 0) is 9.78 Å². The number of aliphatic hydroxyl groups excluding tert-OH is 1. The average Bonchev–Trinajstić information content (AvgIpc) is 1.89. The van der Waals surface area contributed by atoms with E-state index in [1.54, 1.807) is 0 Å². The third kappa shape index (κ3) is 1.46. The van der Waals surface area contributed by atoms with Crippen LogP contribution in [0.4, 0.5) is 0 Å². The van der Waals surface area contributed by atoms with Crippen molar-refractivity contribution in [3.63, 3.8) is 0 Å². The van der Waals surface area contributed by atoms with Crippen molar-refractivity contribution in [1.82, 2.24) is 0 Å². The van der Waals surface area contributed by atoms with Gasteiger partial charge in [-0.05, 0) is 13.3 Å². The lowest BCUT2D eigenvalue weighted by Gasteiger charge is -2.32. The van der Waals surface area contributed by atoms with E-state index in [4.69, 9.17) is 5.11 Å². The van der Waals surface area contributed by atoms with E-state index in [2.05, 4.69) is 9.78 Å². The van der Waals surface area contributed by atoms with E-state index >= 15 is 0 Å². The van der Waals surface area contributed by atoms with Crippen LogP contribution in [0.2, 0.25) is 0 Å². The fourth-order valence-corrected chi connectivity index (χ4v) is 0.848. The Morgan fingerprint density at radius 1 is 1.60 bits per heavy atom. The SMILES string of the molecule is CC(O)C1(O)CCCOO1. The lowest BCUT2D eigenvalue weighted by atomic mass is 10.1. The van der Waals surface area contributed by atoms with Crippen LogP contribution < -0.4 is 0 Å². The van der Waals surface area contributed by atoms with Crippen molar-refractivity contribution in [2.24, 2.45) is 0 Å². The van der Waals surface area contributed by atoms with E-state index in [9.17, 15) is 5.11 Å². The van der Waals surface area contributed by atoms with Gasteiger partial charge >= 0.3 is 0 Å². The molecule has 60 valence electrons. The van der Waals surface area contributed by atoms with Gasteiger partial charge in [0, 0.05) is 6.42 Å². The largest absolute Gasteiger partial charge is 0.388 e. The molecule has 0 aromatic carbocycles. The van der Waals surface area contributed by atoms with E-state index < -0.39 is 11.9 Å². The van der Waals surface area contributed by atoms with E-state index in [0.717, 1.165) is 0 Å². The fourth-order valence-electron chi connectivity index (χ4n) is 0.848. The summed E-state index contributed by atoms with van der Waals surface area (Å²) in [6.45, 7) is 1.95. The van der Waals surface area contributed by atoms with E-state index in [1.807, 2.05) is 0 Å². The summed E-state index contributed by atoms with van der Waals surface area (Å²) in [5.74, 6) is -1.49. The molecule has 2 unspecified atom stereocenters. The van der Waals surface area contributed by atoms with E-state index in [1.165, 1.54) is 6.92 Å². The molecule has 1 aliphatic heterocycles. The number of hydrogen-bond donors (Lipinski definition) is 2. The van der Waals surface area contributed by atoms with Crippen LogP contribution in [0.1, 0.15) is 19.8 Å². The van der Waals surface area contributed by atoms with Crippen LogP contribution in [0.5, 0.6) is 0 Å². The second kappa shape index (κ2) is 2.84. The molecule has 0 spiro atoms. The lowest BCUT2D eigenvalue weighted by molar-refractivity contribution is -0.457. The average molecular weight is 148 g/mol. The first-order valence-corrected chi connectivity index (χ1v) is 3.36. The van der Waals surface area contributed by atoms with Crippen LogP contribution in [-0.4, -0.2) is 28.7 Å². The van der Waals surface area contributed by atoms with Gasteiger partial charge in [-0.1, -0.05) is 0 Å². The highest BCUT2D eigenvalue weighted by atomic mass is 17.2. The molecule has 1 saturated heterocycles. The molecular weight excluding hydrogens is 136 g/mol. The first kappa shape index (κ1) is 7.94. The summed E-state index contributed by atoms with van der Waals surface area (Å²) in [5.41, 5.74) is 0. The second-order valence-corrected chi connectivity index (χ2v) is 2.53. The van der Waals surface area contributed by atoms with Gasteiger partial charge in [-0.15, -0.1) is 0 Å². The fraction of sp³-hybridized carbons (Fsp3) is 1.00. The molecule has 1 aliphatic rings. The Morgan fingerprint density at radius 3 is 2.60 bits per heavy atom. The number of hydrogen-bond acceptors (Lipinski definition) is 4. The van der Waals surface area contributed by atoms with Gasteiger partial charge in [0.2, 0.25) is 5.79 Å². The quantitative estimate of drug-likeness (QED) is 0.505. The zero-order valence-electron chi connectivity index (χ0n) is 5.91. The van der Waals surface area contributed by atoms with Gasteiger partial charge in [-0.25, -0.2) is 4.89 Å². The minimum Gasteiger partial charge on any atom is -0.388 e. The summed E-state index contributed by atoms with van der Waals surface area (Å²) in [6.07, 6.45) is 0.222. The van der Waals surface area contributed by atoms with Crippen molar-refractivity contribution in [1.29, 1.82) is 0 Å². The summed E-state index contributed by atoms with van der Waals surface area (Å²) in [7, 11) is 0. The summed E-state index contributed by atoms with van der Waals surface area (Å²) >= 11 is 0. The first-order chi connectivity index (χ1) is 4.65. The molecular formula is C6H12O4. The van der Waals surface area contributed by atoms with Gasteiger partial charge in [0.15, 0.2) is 0 Å². The van der Waals surface area contributed by atoms with Crippen molar-refractivity contribution >= 4 is 0 Å². The highest BCUT2D eigenvalue weighted by molar-refractivity contribution is 4.73. The summed E-state index contributed by atoms with van der Waals surface area (Å²) in [6, 6.07) is 0. The summed E-state index contributed by atoms with van der Waals surface area (Å²) in [5, 5.41) is 18.3.